The summed E-state index contributed by atoms with van der Waals surface area (Å²) in [5.74, 6) is 5.36. The van der Waals surface area contributed by atoms with Gasteiger partial charge in [0.25, 0.3) is 5.56 Å². The Balaban J connectivity index is 2.05. The molecule has 0 radical (unpaired) electrons. The first-order valence-corrected chi connectivity index (χ1v) is 9.66. The van der Waals surface area contributed by atoms with Crippen LogP contribution in [0.5, 0.6) is 0 Å². The Morgan fingerprint density at radius 3 is 2.60 bits per heavy atom. The Morgan fingerprint density at radius 1 is 1.27 bits per heavy atom. The number of carbonyl (C=O) groups is 1. The van der Waals surface area contributed by atoms with Crippen molar-refractivity contribution < 1.29 is 19.0 Å². The number of ether oxygens (including phenoxy) is 3. The van der Waals surface area contributed by atoms with Crippen LogP contribution < -0.4 is 11.2 Å². The number of aromatic amines is 1. The third kappa shape index (κ3) is 4.37. The molecule has 0 spiro atoms. The molecule has 2 aromatic rings. The molecule has 0 bridgehead atoms. The van der Waals surface area contributed by atoms with Crippen LogP contribution in [0.2, 0.25) is 0 Å². The molecule has 1 unspecified atom stereocenters. The minimum absolute atomic E-state index is 0.243. The van der Waals surface area contributed by atoms with Crippen LogP contribution in [0.15, 0.2) is 52.2 Å². The largest absolute Gasteiger partial charge is 0.455 e. The molecule has 0 aliphatic carbocycles. The normalized spacial score (nSPS) is 25.4. The topological polar surface area (TPSA) is 99.6 Å². The molecule has 2 heterocycles. The molecule has 158 valence electrons. The highest BCUT2D eigenvalue weighted by molar-refractivity contribution is 5.66. The van der Waals surface area contributed by atoms with Crippen molar-refractivity contribution in [3.05, 3.63) is 69.0 Å². The van der Waals surface area contributed by atoms with Crippen molar-refractivity contribution >= 4 is 5.97 Å². The second-order valence-corrected chi connectivity index (χ2v) is 6.94. The molecule has 1 N–H and O–H groups in total. The first kappa shape index (κ1) is 21.6. The number of hydrogen-bond acceptors (Lipinski definition) is 6. The molecule has 4 atom stereocenters. The fraction of sp³-hybridized carbons (Fsp3) is 0.409. The number of benzene rings is 1. The summed E-state index contributed by atoms with van der Waals surface area (Å²) in [7, 11) is 0. The maximum atomic E-state index is 12.4. The maximum absolute atomic E-state index is 12.4. The van der Waals surface area contributed by atoms with Crippen LogP contribution >= 0.6 is 0 Å². The second kappa shape index (κ2) is 9.11. The summed E-state index contributed by atoms with van der Waals surface area (Å²) in [6.45, 7) is 5.08. The maximum Gasteiger partial charge on any atom is 0.330 e. The van der Waals surface area contributed by atoms with Crippen LogP contribution in [0, 0.1) is 11.8 Å². The van der Waals surface area contributed by atoms with Crippen molar-refractivity contribution in [1.82, 2.24) is 9.55 Å². The lowest BCUT2D eigenvalue weighted by Gasteiger charge is -2.29. The van der Waals surface area contributed by atoms with Crippen molar-refractivity contribution in [3.8, 4) is 11.8 Å². The van der Waals surface area contributed by atoms with Gasteiger partial charge < -0.3 is 14.2 Å². The van der Waals surface area contributed by atoms with Gasteiger partial charge in [0.05, 0.1) is 6.61 Å². The van der Waals surface area contributed by atoms with Gasteiger partial charge >= 0.3 is 11.7 Å². The fourth-order valence-electron chi connectivity index (χ4n) is 3.59. The van der Waals surface area contributed by atoms with E-state index in [0.717, 1.165) is 5.56 Å². The Labute approximate surface area is 173 Å². The molecule has 1 aromatic carbocycles. The minimum atomic E-state index is -1.11. The Hall–Kier alpha value is -3.15. The smallest absolute Gasteiger partial charge is 0.330 e. The zero-order chi connectivity index (χ0) is 21.7. The molecule has 3 rings (SSSR count). The third-order valence-corrected chi connectivity index (χ3v) is 4.93. The van der Waals surface area contributed by atoms with Crippen LogP contribution in [0.3, 0.4) is 0 Å². The number of rotatable bonds is 6. The van der Waals surface area contributed by atoms with Crippen LogP contribution in [0.1, 0.15) is 39.0 Å². The van der Waals surface area contributed by atoms with Crippen molar-refractivity contribution in [2.45, 2.75) is 57.8 Å². The van der Waals surface area contributed by atoms with Crippen molar-refractivity contribution in [3.63, 3.8) is 0 Å². The highest BCUT2D eigenvalue weighted by Gasteiger charge is 2.57. The summed E-state index contributed by atoms with van der Waals surface area (Å²) >= 11 is 0. The predicted molar refractivity (Wildman–Crippen MR) is 108 cm³/mol. The predicted octanol–water partition coefficient (Wildman–Crippen LogP) is 1.75. The molecule has 0 saturated carbocycles. The van der Waals surface area contributed by atoms with Gasteiger partial charge in [-0.15, -0.1) is 5.92 Å². The number of hydrogen-bond donors (Lipinski definition) is 1. The summed E-state index contributed by atoms with van der Waals surface area (Å²) < 4.78 is 19.2. The summed E-state index contributed by atoms with van der Waals surface area (Å²) in [6, 6.07) is 10.7. The molecule has 0 amide bonds. The molecule has 8 nitrogen and oxygen atoms in total. The second-order valence-electron chi connectivity index (χ2n) is 6.94. The van der Waals surface area contributed by atoms with E-state index in [2.05, 4.69) is 16.8 Å². The lowest BCUT2D eigenvalue weighted by Crippen LogP contribution is -2.45. The molecule has 1 aromatic heterocycles. The lowest BCUT2D eigenvalue weighted by molar-refractivity contribution is -0.158. The molecule has 30 heavy (non-hydrogen) atoms. The number of carbonyl (C=O) groups excluding carboxylic acids is 1. The number of nitrogens with zero attached hydrogens (tertiary/aromatic N) is 1. The SMILES string of the molecule is CC#C[C@]1(CC)O[C@@H](n2ccc(=O)[nH]c2=O)C(OC(C)=O)[C@H]1OCc1ccccc1. The van der Waals surface area contributed by atoms with E-state index in [1.165, 1.54) is 23.8 Å². The van der Waals surface area contributed by atoms with Crippen molar-refractivity contribution in [2.75, 3.05) is 0 Å². The lowest BCUT2D eigenvalue weighted by atomic mass is 9.92. The zero-order valence-electron chi connectivity index (χ0n) is 17.1. The number of H-pyrrole nitrogens is 1. The Kier molecular flexibility index (Phi) is 6.55. The van der Waals surface area contributed by atoms with E-state index >= 15 is 0 Å². The standard InChI is InChI=1S/C22H24N2O6/c1-4-12-22(5-2)19(28-14-16-9-7-6-8-10-16)18(29-15(3)25)20(30-22)24-13-11-17(26)23-21(24)27/h6-11,13,18-20H,5,14H2,1-3H3,(H,23,26,27)/t18?,19-,20-,22+/m1/s1. The number of nitrogens with one attached hydrogen (secondary N) is 1. The zero-order valence-corrected chi connectivity index (χ0v) is 17.1. The highest BCUT2D eigenvalue weighted by atomic mass is 16.6. The summed E-state index contributed by atoms with van der Waals surface area (Å²) in [4.78, 5) is 38.0. The fourth-order valence-corrected chi connectivity index (χ4v) is 3.59. The average molecular weight is 412 g/mol. The third-order valence-electron chi connectivity index (χ3n) is 4.93. The molecule has 1 aliphatic rings. The average Bonchev–Trinajstić information content (AvgIpc) is 3.00. The van der Waals surface area contributed by atoms with Gasteiger partial charge in [0.15, 0.2) is 17.9 Å². The van der Waals surface area contributed by atoms with Crippen LogP contribution in [-0.4, -0.2) is 33.3 Å². The van der Waals surface area contributed by atoms with E-state index < -0.39 is 41.3 Å². The van der Waals surface area contributed by atoms with E-state index in [-0.39, 0.29) is 6.61 Å². The Bertz CT molecular complexity index is 1060. The van der Waals surface area contributed by atoms with Crippen LogP contribution in [-0.2, 0) is 25.6 Å². The van der Waals surface area contributed by atoms with E-state index in [9.17, 15) is 14.4 Å². The molecule has 1 aliphatic heterocycles. The Morgan fingerprint density at radius 2 is 2.00 bits per heavy atom. The van der Waals surface area contributed by atoms with Crippen LogP contribution in [0.25, 0.3) is 0 Å². The van der Waals surface area contributed by atoms with E-state index in [1.54, 1.807) is 6.92 Å². The van der Waals surface area contributed by atoms with Crippen LogP contribution in [0.4, 0.5) is 0 Å². The first-order valence-electron chi connectivity index (χ1n) is 9.66. The number of esters is 1. The van der Waals surface area contributed by atoms with Gasteiger partial charge in [0.2, 0.25) is 0 Å². The first-order chi connectivity index (χ1) is 14.4. The molecular formula is C22H24N2O6. The summed E-state index contributed by atoms with van der Waals surface area (Å²) in [6.07, 6.45) is -0.986. The number of aromatic nitrogens is 2. The van der Waals surface area contributed by atoms with Gasteiger partial charge in [-0.1, -0.05) is 43.2 Å². The minimum Gasteiger partial charge on any atom is -0.455 e. The monoisotopic (exact) mass is 412 g/mol. The van der Waals surface area contributed by atoms with Gasteiger partial charge in [0, 0.05) is 19.2 Å². The van der Waals surface area contributed by atoms with E-state index in [4.69, 9.17) is 14.2 Å². The van der Waals surface area contributed by atoms with Gasteiger partial charge in [-0.05, 0) is 18.9 Å². The van der Waals surface area contributed by atoms with Crippen molar-refractivity contribution in [1.29, 1.82) is 0 Å². The van der Waals surface area contributed by atoms with E-state index in [1.807, 2.05) is 37.3 Å². The van der Waals surface area contributed by atoms with Gasteiger partial charge in [-0.25, -0.2) is 4.79 Å². The molecule has 8 heteroatoms. The molecular weight excluding hydrogens is 388 g/mol. The van der Waals surface area contributed by atoms with E-state index in [0.29, 0.717) is 6.42 Å². The van der Waals surface area contributed by atoms with Gasteiger partial charge in [-0.2, -0.15) is 0 Å². The van der Waals surface area contributed by atoms with Gasteiger partial charge in [0.1, 0.15) is 6.10 Å². The summed E-state index contributed by atoms with van der Waals surface area (Å²) in [5, 5.41) is 0. The quantitative estimate of drug-likeness (QED) is 0.573. The van der Waals surface area contributed by atoms with Crippen molar-refractivity contribution in [2.24, 2.45) is 0 Å². The molecule has 1 fully saturated rings. The highest BCUT2D eigenvalue weighted by Crippen LogP contribution is 2.42. The molecule has 1 saturated heterocycles. The van der Waals surface area contributed by atoms with Gasteiger partial charge in [-0.3, -0.25) is 19.1 Å². The summed E-state index contributed by atoms with van der Waals surface area (Å²) in [5.41, 5.74) is -1.39.